The standard InChI is InChI=1S/C24H18F3N3O4/c1-14-4-3-5-15(2)21(14)30(23(31)32)28-13-16-6-11-20-19(12-16)29-22(33-20)17-7-9-18(10-8-17)34-24(25,26)27/h3-13H,1-2H3,(H,31,32)/b28-13+. The third-order valence-corrected chi connectivity index (χ3v) is 4.90. The molecule has 0 atom stereocenters. The summed E-state index contributed by atoms with van der Waals surface area (Å²) in [6.07, 6.45) is -4.60. The van der Waals surface area contributed by atoms with Crippen molar-refractivity contribution in [1.29, 1.82) is 0 Å². The number of halogens is 3. The first-order valence-corrected chi connectivity index (χ1v) is 10.0. The molecule has 0 aliphatic rings. The maximum Gasteiger partial charge on any atom is 0.573 e. The minimum Gasteiger partial charge on any atom is -0.463 e. The number of aromatic nitrogens is 1. The smallest absolute Gasteiger partial charge is 0.463 e. The Morgan fingerprint density at radius 3 is 2.38 bits per heavy atom. The molecule has 1 aromatic heterocycles. The van der Waals surface area contributed by atoms with Crippen molar-refractivity contribution in [3.05, 3.63) is 77.4 Å². The number of hydrogen-bond acceptors (Lipinski definition) is 5. The van der Waals surface area contributed by atoms with Crippen molar-refractivity contribution in [3.8, 4) is 17.2 Å². The minimum atomic E-state index is -4.77. The molecule has 0 fully saturated rings. The summed E-state index contributed by atoms with van der Waals surface area (Å²) >= 11 is 0. The molecule has 0 saturated carbocycles. The van der Waals surface area contributed by atoms with Gasteiger partial charge in [-0.05, 0) is 73.0 Å². The second-order valence-electron chi connectivity index (χ2n) is 7.40. The molecule has 4 rings (SSSR count). The number of hydrogen-bond donors (Lipinski definition) is 1. The molecule has 174 valence electrons. The van der Waals surface area contributed by atoms with Crippen LogP contribution in [0.1, 0.15) is 16.7 Å². The van der Waals surface area contributed by atoms with Gasteiger partial charge in [0.1, 0.15) is 11.3 Å². The molecule has 7 nitrogen and oxygen atoms in total. The molecule has 10 heteroatoms. The van der Waals surface area contributed by atoms with E-state index in [1.807, 2.05) is 6.07 Å². The maximum absolute atomic E-state index is 12.3. The summed E-state index contributed by atoms with van der Waals surface area (Å²) in [5.41, 5.74) is 3.99. The molecule has 0 spiro atoms. The summed E-state index contributed by atoms with van der Waals surface area (Å²) in [6.45, 7) is 3.61. The van der Waals surface area contributed by atoms with Gasteiger partial charge in [0.15, 0.2) is 5.58 Å². The van der Waals surface area contributed by atoms with Crippen LogP contribution in [0.2, 0.25) is 0 Å². The number of hydrazone groups is 1. The van der Waals surface area contributed by atoms with Crippen molar-refractivity contribution in [3.63, 3.8) is 0 Å². The largest absolute Gasteiger partial charge is 0.573 e. The van der Waals surface area contributed by atoms with Crippen molar-refractivity contribution in [2.24, 2.45) is 5.10 Å². The number of carbonyl (C=O) groups is 1. The molecule has 1 heterocycles. The van der Waals surface area contributed by atoms with E-state index in [-0.39, 0.29) is 11.6 Å². The highest BCUT2D eigenvalue weighted by Crippen LogP contribution is 2.29. The molecule has 1 amide bonds. The average molecular weight is 469 g/mol. The number of rotatable bonds is 5. The number of ether oxygens (including phenoxy) is 1. The number of carboxylic acid groups (broad SMARTS) is 1. The van der Waals surface area contributed by atoms with Gasteiger partial charge in [0.05, 0.1) is 11.9 Å². The lowest BCUT2D eigenvalue weighted by Crippen LogP contribution is -2.25. The fraction of sp³-hybridized carbons (Fsp3) is 0.125. The average Bonchev–Trinajstić information content (AvgIpc) is 3.18. The number of anilines is 1. The Kier molecular flexibility index (Phi) is 5.97. The molecule has 4 aromatic rings. The summed E-state index contributed by atoms with van der Waals surface area (Å²) < 4.78 is 46.6. The lowest BCUT2D eigenvalue weighted by Gasteiger charge is -2.18. The summed E-state index contributed by atoms with van der Waals surface area (Å²) in [5, 5.41) is 14.7. The molecule has 0 bridgehead atoms. The summed E-state index contributed by atoms with van der Waals surface area (Å²) in [7, 11) is 0. The zero-order valence-corrected chi connectivity index (χ0v) is 18.0. The van der Waals surface area contributed by atoms with Crippen LogP contribution in [-0.4, -0.2) is 28.8 Å². The molecule has 34 heavy (non-hydrogen) atoms. The van der Waals surface area contributed by atoms with Gasteiger partial charge in [0.25, 0.3) is 0 Å². The second kappa shape index (κ2) is 8.89. The molecule has 0 aliphatic carbocycles. The highest BCUT2D eigenvalue weighted by Gasteiger charge is 2.31. The zero-order valence-electron chi connectivity index (χ0n) is 18.0. The van der Waals surface area contributed by atoms with E-state index in [9.17, 15) is 23.1 Å². The number of nitrogens with zero attached hydrogens (tertiary/aromatic N) is 3. The van der Waals surface area contributed by atoms with Crippen LogP contribution in [0.3, 0.4) is 0 Å². The van der Waals surface area contributed by atoms with Crippen molar-refractivity contribution in [1.82, 2.24) is 4.98 Å². The van der Waals surface area contributed by atoms with Crippen molar-refractivity contribution < 1.29 is 32.2 Å². The fourth-order valence-corrected chi connectivity index (χ4v) is 3.41. The van der Waals surface area contributed by atoms with Gasteiger partial charge in [0, 0.05) is 5.56 Å². The molecule has 0 saturated heterocycles. The van der Waals surface area contributed by atoms with E-state index in [2.05, 4.69) is 14.8 Å². The summed E-state index contributed by atoms with van der Waals surface area (Å²) in [4.78, 5) is 16.2. The molecular formula is C24H18F3N3O4. The Hall–Kier alpha value is -4.34. The fourth-order valence-electron chi connectivity index (χ4n) is 3.41. The van der Waals surface area contributed by atoms with Crippen LogP contribution < -0.4 is 9.75 Å². The number of amides is 1. The van der Waals surface area contributed by atoms with Crippen molar-refractivity contribution >= 4 is 29.1 Å². The Labute approximate surface area is 191 Å². The van der Waals surface area contributed by atoms with Gasteiger partial charge in [-0.2, -0.15) is 10.1 Å². The van der Waals surface area contributed by atoms with Gasteiger partial charge in [-0.3, -0.25) is 0 Å². The van der Waals surface area contributed by atoms with Crippen LogP contribution in [0.4, 0.5) is 23.7 Å². The van der Waals surface area contributed by atoms with E-state index in [0.29, 0.717) is 27.9 Å². The van der Waals surface area contributed by atoms with Gasteiger partial charge in [-0.15, -0.1) is 13.2 Å². The normalized spacial score (nSPS) is 11.8. The quantitative estimate of drug-likeness (QED) is 0.265. The molecule has 1 N–H and O–H groups in total. The highest BCUT2D eigenvalue weighted by atomic mass is 19.4. The predicted molar refractivity (Wildman–Crippen MR) is 120 cm³/mol. The molecule has 0 aliphatic heterocycles. The van der Waals surface area contributed by atoms with Gasteiger partial charge >= 0.3 is 12.5 Å². The topological polar surface area (TPSA) is 88.2 Å². The third-order valence-electron chi connectivity index (χ3n) is 4.90. The van der Waals surface area contributed by atoms with Crippen LogP contribution in [0.25, 0.3) is 22.6 Å². The van der Waals surface area contributed by atoms with Crippen LogP contribution in [0.15, 0.2) is 70.2 Å². The van der Waals surface area contributed by atoms with Crippen LogP contribution in [0, 0.1) is 13.8 Å². The number of benzene rings is 3. The number of alkyl halides is 3. The first-order chi connectivity index (χ1) is 16.1. The molecule has 0 unspecified atom stereocenters. The Bertz CT molecular complexity index is 1360. The number of oxazole rings is 1. The summed E-state index contributed by atoms with van der Waals surface area (Å²) in [5.74, 6) is -0.136. The first kappa shape index (κ1) is 22.8. The Morgan fingerprint density at radius 2 is 1.76 bits per heavy atom. The van der Waals surface area contributed by atoms with Gasteiger partial charge in [0.2, 0.25) is 5.89 Å². The lowest BCUT2D eigenvalue weighted by molar-refractivity contribution is -0.274. The molecular weight excluding hydrogens is 451 g/mol. The van der Waals surface area contributed by atoms with E-state index in [1.54, 1.807) is 44.2 Å². The minimum absolute atomic E-state index is 0.213. The van der Waals surface area contributed by atoms with Crippen molar-refractivity contribution in [2.45, 2.75) is 20.2 Å². The van der Waals surface area contributed by atoms with Crippen LogP contribution in [0.5, 0.6) is 5.75 Å². The number of fused-ring (bicyclic) bond motifs is 1. The van der Waals surface area contributed by atoms with Crippen LogP contribution >= 0.6 is 0 Å². The maximum atomic E-state index is 12.3. The Balaban J connectivity index is 1.59. The van der Waals surface area contributed by atoms with Gasteiger partial charge in [-0.1, -0.05) is 18.2 Å². The van der Waals surface area contributed by atoms with E-state index in [4.69, 9.17) is 4.42 Å². The number of aryl methyl sites for hydroxylation is 2. The number of para-hydroxylation sites is 1. The molecule has 0 radical (unpaired) electrons. The zero-order chi connectivity index (χ0) is 24.5. The summed E-state index contributed by atoms with van der Waals surface area (Å²) in [6, 6.07) is 15.6. The lowest BCUT2D eigenvalue weighted by atomic mass is 10.1. The van der Waals surface area contributed by atoms with Gasteiger partial charge < -0.3 is 14.3 Å². The van der Waals surface area contributed by atoms with E-state index >= 15 is 0 Å². The molecule has 3 aromatic carbocycles. The van der Waals surface area contributed by atoms with E-state index in [1.165, 1.54) is 30.5 Å². The highest BCUT2D eigenvalue weighted by molar-refractivity contribution is 5.93. The van der Waals surface area contributed by atoms with E-state index < -0.39 is 12.5 Å². The SMILES string of the molecule is Cc1cccc(C)c1N(/N=C/c1ccc2oc(-c3ccc(OC(F)(F)F)cc3)nc2c1)C(=O)O. The monoisotopic (exact) mass is 469 g/mol. The predicted octanol–water partition coefficient (Wildman–Crippen LogP) is 6.53. The second-order valence-corrected chi connectivity index (χ2v) is 7.40. The first-order valence-electron chi connectivity index (χ1n) is 10.0. The third kappa shape index (κ3) is 5.01. The van der Waals surface area contributed by atoms with Gasteiger partial charge in [-0.25, -0.2) is 9.78 Å². The Morgan fingerprint density at radius 1 is 1.09 bits per heavy atom. The van der Waals surface area contributed by atoms with Crippen LogP contribution in [-0.2, 0) is 0 Å². The van der Waals surface area contributed by atoms with E-state index in [0.717, 1.165) is 16.1 Å². The van der Waals surface area contributed by atoms with Crippen molar-refractivity contribution in [2.75, 3.05) is 5.01 Å².